The third kappa shape index (κ3) is 5.11. The highest BCUT2D eigenvalue weighted by molar-refractivity contribution is 5.05. The molecule has 0 aliphatic carbocycles. The highest BCUT2D eigenvalue weighted by atomic mass is 16.5. The molecule has 0 bridgehead atoms. The monoisotopic (exact) mass is 128 g/mol. The molecule has 0 heterocycles. The molecule has 9 heavy (non-hydrogen) atoms. The van der Waals surface area contributed by atoms with E-state index in [1.807, 2.05) is 6.92 Å². The molecule has 0 fully saturated rings. The van der Waals surface area contributed by atoms with Gasteiger partial charge in [0.25, 0.3) is 0 Å². The van der Waals surface area contributed by atoms with Crippen LogP contribution in [0.15, 0.2) is 24.0 Å². The Balaban J connectivity index is 3.55. The van der Waals surface area contributed by atoms with Crippen molar-refractivity contribution in [3.05, 3.63) is 24.0 Å². The van der Waals surface area contributed by atoms with Crippen molar-refractivity contribution in [3.63, 3.8) is 0 Å². The third-order valence-electron chi connectivity index (χ3n) is 0.894. The fourth-order valence-corrected chi connectivity index (χ4v) is 0.332. The number of rotatable bonds is 3. The van der Waals surface area contributed by atoms with Crippen LogP contribution in [0, 0.1) is 0 Å². The van der Waals surface area contributed by atoms with Gasteiger partial charge in [-0.05, 0) is 13.0 Å². The highest BCUT2D eigenvalue weighted by Gasteiger charge is 1.76. The molecule has 0 aromatic heterocycles. The number of hydrogen-bond acceptors (Lipinski definition) is 2. The van der Waals surface area contributed by atoms with Crippen LogP contribution in [0.3, 0.4) is 0 Å². The summed E-state index contributed by atoms with van der Waals surface area (Å²) >= 11 is 0. The van der Waals surface area contributed by atoms with Crippen molar-refractivity contribution in [3.8, 4) is 0 Å². The number of aliphatic hydroxyl groups excluding tert-OH is 1. The van der Waals surface area contributed by atoms with Gasteiger partial charge in [0.2, 0.25) is 0 Å². The number of aliphatic hydroxyl groups is 1. The molecule has 0 aromatic carbocycles. The van der Waals surface area contributed by atoms with Crippen molar-refractivity contribution in [2.24, 2.45) is 0 Å². The van der Waals surface area contributed by atoms with E-state index in [1.165, 1.54) is 0 Å². The molecule has 52 valence electrons. The van der Waals surface area contributed by atoms with Gasteiger partial charge in [0.05, 0.1) is 19.5 Å². The lowest BCUT2D eigenvalue weighted by Crippen LogP contribution is -1.76. The topological polar surface area (TPSA) is 29.5 Å². The minimum Gasteiger partial charge on any atom is -0.501 e. The van der Waals surface area contributed by atoms with E-state index in [1.54, 1.807) is 25.3 Å². The molecule has 0 rings (SSSR count). The zero-order valence-corrected chi connectivity index (χ0v) is 5.79. The molecule has 2 heteroatoms. The van der Waals surface area contributed by atoms with E-state index in [2.05, 4.69) is 0 Å². The quantitative estimate of drug-likeness (QED) is 0.455. The molecule has 0 saturated heterocycles. The molecular formula is C7H12O2. The lowest BCUT2D eigenvalue weighted by atomic mass is 10.4. The minimum absolute atomic E-state index is 0.0769. The van der Waals surface area contributed by atoms with E-state index in [4.69, 9.17) is 9.84 Å². The van der Waals surface area contributed by atoms with Gasteiger partial charge >= 0.3 is 0 Å². The van der Waals surface area contributed by atoms with E-state index < -0.39 is 0 Å². The maximum Gasteiger partial charge on any atom is 0.0924 e. The van der Waals surface area contributed by atoms with Gasteiger partial charge in [0.1, 0.15) is 0 Å². The van der Waals surface area contributed by atoms with Gasteiger partial charge in [0.15, 0.2) is 0 Å². The molecule has 0 amide bonds. The zero-order valence-electron chi connectivity index (χ0n) is 5.79. The Kier molecular flexibility index (Phi) is 4.92. The van der Waals surface area contributed by atoms with Crippen molar-refractivity contribution in [1.82, 2.24) is 0 Å². The molecule has 2 nitrogen and oxygen atoms in total. The summed E-state index contributed by atoms with van der Waals surface area (Å²) in [6.07, 6.45) is 5.18. The molecule has 0 aromatic rings. The van der Waals surface area contributed by atoms with Crippen molar-refractivity contribution < 1.29 is 9.84 Å². The zero-order chi connectivity index (χ0) is 7.11. The summed E-state index contributed by atoms with van der Waals surface area (Å²) in [7, 11) is 1.61. The van der Waals surface area contributed by atoms with Crippen LogP contribution in [0.5, 0.6) is 0 Å². The van der Waals surface area contributed by atoms with Gasteiger partial charge in [0, 0.05) is 0 Å². The third-order valence-corrected chi connectivity index (χ3v) is 0.894. The van der Waals surface area contributed by atoms with Crippen LogP contribution in [-0.4, -0.2) is 18.8 Å². The van der Waals surface area contributed by atoms with Crippen LogP contribution in [0.2, 0.25) is 0 Å². The molecular weight excluding hydrogens is 116 g/mol. The van der Waals surface area contributed by atoms with Crippen molar-refractivity contribution >= 4 is 0 Å². The summed E-state index contributed by atoms with van der Waals surface area (Å²) in [5, 5.41) is 8.29. The lowest BCUT2D eigenvalue weighted by Gasteiger charge is -1.93. The maximum absolute atomic E-state index is 8.29. The fourth-order valence-electron chi connectivity index (χ4n) is 0.332. The predicted octanol–water partition coefficient (Wildman–Crippen LogP) is 1.09. The van der Waals surface area contributed by atoms with Crippen LogP contribution in [0.1, 0.15) is 6.92 Å². The Bertz CT molecular complexity index is 114. The Labute approximate surface area is 55.5 Å². The molecule has 1 N–H and O–H groups in total. The van der Waals surface area contributed by atoms with E-state index >= 15 is 0 Å². The highest BCUT2D eigenvalue weighted by Crippen LogP contribution is 1.91. The molecule has 0 radical (unpaired) electrons. The van der Waals surface area contributed by atoms with Gasteiger partial charge in [-0.25, -0.2) is 0 Å². The molecule has 0 spiro atoms. The first-order valence-corrected chi connectivity index (χ1v) is 2.79. The SMILES string of the molecule is COC(C)=CC=CCO. The van der Waals surface area contributed by atoms with E-state index in [0.29, 0.717) is 0 Å². The van der Waals surface area contributed by atoms with Gasteiger partial charge in [-0.3, -0.25) is 0 Å². The van der Waals surface area contributed by atoms with Crippen LogP contribution in [0.4, 0.5) is 0 Å². The Morgan fingerprint density at radius 1 is 1.67 bits per heavy atom. The van der Waals surface area contributed by atoms with Crippen molar-refractivity contribution in [2.75, 3.05) is 13.7 Å². The Hall–Kier alpha value is -0.760. The molecule has 0 aliphatic rings. The predicted molar refractivity (Wildman–Crippen MR) is 37.0 cm³/mol. The standard InChI is InChI=1S/C7H12O2/c1-7(9-2)5-3-4-6-8/h3-5,8H,6H2,1-2H3. The Morgan fingerprint density at radius 2 is 2.33 bits per heavy atom. The largest absolute Gasteiger partial charge is 0.501 e. The number of ether oxygens (including phenoxy) is 1. The second kappa shape index (κ2) is 5.38. The van der Waals surface area contributed by atoms with E-state index in [0.717, 1.165) is 5.76 Å². The van der Waals surface area contributed by atoms with Crippen LogP contribution < -0.4 is 0 Å². The summed E-state index contributed by atoms with van der Waals surface area (Å²) in [5.41, 5.74) is 0. The fraction of sp³-hybridized carbons (Fsp3) is 0.429. The maximum atomic E-state index is 8.29. The summed E-state index contributed by atoms with van der Waals surface area (Å²) in [4.78, 5) is 0. The minimum atomic E-state index is 0.0769. The first-order chi connectivity index (χ1) is 4.31. The second-order valence-corrected chi connectivity index (χ2v) is 1.59. The summed E-state index contributed by atoms with van der Waals surface area (Å²) in [6, 6.07) is 0. The smallest absolute Gasteiger partial charge is 0.0924 e. The van der Waals surface area contributed by atoms with Crippen molar-refractivity contribution in [2.45, 2.75) is 6.92 Å². The van der Waals surface area contributed by atoms with Crippen LogP contribution >= 0.6 is 0 Å². The average molecular weight is 128 g/mol. The van der Waals surface area contributed by atoms with E-state index in [9.17, 15) is 0 Å². The normalized spacial score (nSPS) is 12.6. The van der Waals surface area contributed by atoms with Crippen LogP contribution in [-0.2, 0) is 4.74 Å². The number of methoxy groups -OCH3 is 1. The van der Waals surface area contributed by atoms with Gasteiger partial charge < -0.3 is 9.84 Å². The number of hydrogen-bond donors (Lipinski definition) is 1. The molecule has 0 atom stereocenters. The van der Waals surface area contributed by atoms with Gasteiger partial charge in [-0.15, -0.1) is 0 Å². The first kappa shape index (κ1) is 8.24. The summed E-state index contributed by atoms with van der Waals surface area (Å²) in [5.74, 6) is 0.833. The number of allylic oxidation sites excluding steroid dienone is 3. The second-order valence-electron chi connectivity index (χ2n) is 1.59. The summed E-state index contributed by atoms with van der Waals surface area (Å²) < 4.78 is 4.82. The van der Waals surface area contributed by atoms with Crippen molar-refractivity contribution in [1.29, 1.82) is 0 Å². The first-order valence-electron chi connectivity index (χ1n) is 2.79. The average Bonchev–Trinajstić information content (AvgIpc) is 1.89. The molecule has 0 saturated carbocycles. The molecule has 0 unspecified atom stereocenters. The summed E-state index contributed by atoms with van der Waals surface area (Å²) in [6.45, 7) is 1.93. The van der Waals surface area contributed by atoms with E-state index in [-0.39, 0.29) is 6.61 Å². The van der Waals surface area contributed by atoms with Gasteiger partial charge in [-0.1, -0.05) is 12.2 Å². The van der Waals surface area contributed by atoms with Crippen LogP contribution in [0.25, 0.3) is 0 Å². The Morgan fingerprint density at radius 3 is 2.78 bits per heavy atom. The van der Waals surface area contributed by atoms with Gasteiger partial charge in [-0.2, -0.15) is 0 Å². The lowest BCUT2D eigenvalue weighted by molar-refractivity contribution is 0.293. The molecule has 0 aliphatic heterocycles.